The second kappa shape index (κ2) is 8.09. The van der Waals surface area contributed by atoms with Crippen LogP contribution < -0.4 is 5.32 Å². The number of piperidine rings is 1. The van der Waals surface area contributed by atoms with E-state index in [1.807, 2.05) is 6.92 Å². The molecule has 1 aliphatic heterocycles. The van der Waals surface area contributed by atoms with E-state index in [1.165, 1.54) is 12.5 Å². The first-order valence-corrected chi connectivity index (χ1v) is 11.3. The maximum absolute atomic E-state index is 13.0. The normalized spacial score (nSPS) is 27.8. The van der Waals surface area contributed by atoms with Crippen molar-refractivity contribution in [3.63, 3.8) is 0 Å². The Morgan fingerprint density at radius 3 is 2.54 bits per heavy atom. The summed E-state index contributed by atoms with van der Waals surface area (Å²) >= 11 is 0. The van der Waals surface area contributed by atoms with E-state index in [2.05, 4.69) is 12.2 Å². The lowest BCUT2D eigenvalue weighted by atomic mass is 9.86. The van der Waals surface area contributed by atoms with Crippen molar-refractivity contribution < 1.29 is 13.2 Å². The maximum Gasteiger partial charge on any atom is 0.251 e. The van der Waals surface area contributed by atoms with E-state index in [1.54, 1.807) is 22.5 Å². The summed E-state index contributed by atoms with van der Waals surface area (Å²) < 4.78 is 27.6. The van der Waals surface area contributed by atoms with Crippen LogP contribution in [-0.4, -0.2) is 37.3 Å². The maximum atomic E-state index is 13.0. The molecule has 3 atom stereocenters. The second-order valence-corrected chi connectivity index (χ2v) is 9.72. The molecule has 5 nitrogen and oxygen atoms in total. The third-order valence-corrected chi connectivity index (χ3v) is 7.88. The largest absolute Gasteiger partial charge is 0.349 e. The van der Waals surface area contributed by atoms with Gasteiger partial charge in [0.2, 0.25) is 10.0 Å². The van der Waals surface area contributed by atoms with Crippen LogP contribution in [0.4, 0.5) is 0 Å². The van der Waals surface area contributed by atoms with Crippen LogP contribution in [0.15, 0.2) is 29.2 Å². The predicted molar refractivity (Wildman–Crippen MR) is 103 cm³/mol. The molecule has 1 saturated carbocycles. The van der Waals surface area contributed by atoms with Crippen LogP contribution in [0.25, 0.3) is 0 Å². The third kappa shape index (κ3) is 4.12. The van der Waals surface area contributed by atoms with Gasteiger partial charge in [-0.25, -0.2) is 8.42 Å². The zero-order valence-corrected chi connectivity index (χ0v) is 16.6. The number of hydrogen-bond acceptors (Lipinski definition) is 3. The van der Waals surface area contributed by atoms with E-state index in [0.717, 1.165) is 38.5 Å². The number of amides is 1. The molecule has 1 amide bonds. The summed E-state index contributed by atoms with van der Waals surface area (Å²) in [4.78, 5) is 12.9. The molecular formula is C20H30N2O3S. The van der Waals surface area contributed by atoms with Gasteiger partial charge in [0, 0.05) is 24.2 Å². The highest BCUT2D eigenvalue weighted by Crippen LogP contribution is 2.26. The zero-order valence-electron chi connectivity index (χ0n) is 15.8. The van der Waals surface area contributed by atoms with Crippen molar-refractivity contribution in [1.82, 2.24) is 9.62 Å². The summed E-state index contributed by atoms with van der Waals surface area (Å²) in [6.07, 6.45) is 7.33. The molecule has 0 radical (unpaired) electrons. The van der Waals surface area contributed by atoms with Crippen molar-refractivity contribution in [2.45, 2.75) is 75.8 Å². The summed E-state index contributed by atoms with van der Waals surface area (Å²) in [5.41, 5.74) is 0.425. The first kappa shape index (κ1) is 19.4. The number of carbonyl (C=O) groups is 1. The predicted octanol–water partition coefficient (Wildman–Crippen LogP) is 3.56. The fourth-order valence-electron chi connectivity index (χ4n) is 4.14. The molecular weight excluding hydrogens is 348 g/mol. The molecule has 1 heterocycles. The molecule has 144 valence electrons. The molecule has 1 saturated heterocycles. The molecule has 0 spiro atoms. The Morgan fingerprint density at radius 2 is 1.81 bits per heavy atom. The minimum Gasteiger partial charge on any atom is -0.349 e. The van der Waals surface area contributed by atoms with Crippen LogP contribution in [-0.2, 0) is 10.0 Å². The number of hydrogen-bond donors (Lipinski definition) is 1. The summed E-state index contributed by atoms with van der Waals surface area (Å²) in [7, 11) is -3.56. The summed E-state index contributed by atoms with van der Waals surface area (Å²) in [6, 6.07) is 6.67. The lowest BCUT2D eigenvalue weighted by Crippen LogP contribution is -2.42. The van der Waals surface area contributed by atoms with Crippen molar-refractivity contribution in [1.29, 1.82) is 0 Å². The van der Waals surface area contributed by atoms with Gasteiger partial charge in [-0.15, -0.1) is 0 Å². The molecule has 0 unspecified atom stereocenters. The van der Waals surface area contributed by atoms with Crippen LogP contribution in [0.3, 0.4) is 0 Å². The van der Waals surface area contributed by atoms with E-state index in [9.17, 15) is 13.2 Å². The molecule has 1 aliphatic carbocycles. The number of benzene rings is 1. The van der Waals surface area contributed by atoms with Gasteiger partial charge >= 0.3 is 0 Å². The van der Waals surface area contributed by atoms with Gasteiger partial charge in [-0.3, -0.25) is 4.79 Å². The lowest BCUT2D eigenvalue weighted by molar-refractivity contribution is 0.0910. The summed E-state index contributed by atoms with van der Waals surface area (Å²) in [6.45, 7) is 4.68. The van der Waals surface area contributed by atoms with Gasteiger partial charge in [-0.05, 0) is 56.7 Å². The van der Waals surface area contributed by atoms with Crippen LogP contribution in [0.2, 0.25) is 0 Å². The van der Waals surface area contributed by atoms with Gasteiger partial charge in [-0.1, -0.05) is 32.3 Å². The van der Waals surface area contributed by atoms with Gasteiger partial charge in [0.05, 0.1) is 4.90 Å². The van der Waals surface area contributed by atoms with E-state index < -0.39 is 10.0 Å². The quantitative estimate of drug-likeness (QED) is 0.871. The molecule has 0 aromatic heterocycles. The molecule has 2 aliphatic rings. The Morgan fingerprint density at radius 1 is 1.08 bits per heavy atom. The molecule has 1 aromatic carbocycles. The Hall–Kier alpha value is -1.40. The van der Waals surface area contributed by atoms with E-state index in [-0.39, 0.29) is 22.9 Å². The topological polar surface area (TPSA) is 66.5 Å². The number of nitrogens with one attached hydrogen (secondary N) is 1. The minimum atomic E-state index is -3.56. The molecule has 3 rings (SSSR count). The number of carbonyl (C=O) groups excluding carboxylic acids is 1. The van der Waals surface area contributed by atoms with Crippen molar-refractivity contribution in [2.75, 3.05) is 6.54 Å². The van der Waals surface area contributed by atoms with Crippen LogP contribution in [0.1, 0.15) is 69.2 Å². The summed E-state index contributed by atoms with van der Waals surface area (Å²) in [5.74, 6) is 0.293. The average Bonchev–Trinajstić information content (AvgIpc) is 2.64. The fraction of sp³-hybridized carbons (Fsp3) is 0.650. The van der Waals surface area contributed by atoms with Gasteiger partial charge in [0.25, 0.3) is 5.91 Å². The third-order valence-electron chi connectivity index (χ3n) is 5.87. The van der Waals surface area contributed by atoms with Crippen molar-refractivity contribution in [3.8, 4) is 0 Å². The Bertz CT molecular complexity index is 747. The Kier molecular flexibility index (Phi) is 6.03. The SMILES string of the molecule is C[C@H]1CCCC[C@@H]1NC(=O)c1cccc(S(=O)(=O)N2CCCC[C@@H]2C)c1. The highest BCUT2D eigenvalue weighted by molar-refractivity contribution is 7.89. The zero-order chi connectivity index (χ0) is 18.7. The summed E-state index contributed by atoms with van der Waals surface area (Å²) in [5, 5.41) is 3.10. The number of nitrogens with zero attached hydrogens (tertiary/aromatic N) is 1. The van der Waals surface area contributed by atoms with Gasteiger partial charge in [-0.2, -0.15) is 4.31 Å². The number of rotatable bonds is 4. The van der Waals surface area contributed by atoms with E-state index >= 15 is 0 Å². The first-order chi connectivity index (χ1) is 12.4. The Labute approximate surface area is 157 Å². The molecule has 26 heavy (non-hydrogen) atoms. The molecule has 1 N–H and O–H groups in total. The molecule has 2 fully saturated rings. The average molecular weight is 379 g/mol. The standard InChI is InChI=1S/C20H30N2O3S/c1-15-8-3-4-12-19(15)21-20(23)17-10-7-11-18(14-17)26(24,25)22-13-6-5-9-16(22)2/h7,10-11,14-16,19H,3-6,8-9,12-13H2,1-2H3,(H,21,23)/t15-,16-,19-/m0/s1. The fourth-order valence-corrected chi connectivity index (χ4v) is 5.89. The molecule has 6 heteroatoms. The van der Waals surface area contributed by atoms with Crippen molar-refractivity contribution in [2.24, 2.45) is 5.92 Å². The highest BCUT2D eigenvalue weighted by Gasteiger charge is 2.31. The van der Waals surface area contributed by atoms with E-state index in [4.69, 9.17) is 0 Å². The molecule has 1 aromatic rings. The van der Waals surface area contributed by atoms with Crippen LogP contribution in [0.5, 0.6) is 0 Å². The van der Waals surface area contributed by atoms with Gasteiger partial charge < -0.3 is 5.32 Å². The van der Waals surface area contributed by atoms with Crippen molar-refractivity contribution >= 4 is 15.9 Å². The minimum absolute atomic E-state index is 0.00863. The van der Waals surface area contributed by atoms with Gasteiger partial charge in [0.15, 0.2) is 0 Å². The highest BCUT2D eigenvalue weighted by atomic mass is 32.2. The number of sulfonamides is 1. The Balaban J connectivity index is 1.78. The lowest BCUT2D eigenvalue weighted by Gasteiger charge is -2.32. The monoisotopic (exact) mass is 378 g/mol. The second-order valence-electron chi connectivity index (χ2n) is 7.83. The van der Waals surface area contributed by atoms with Crippen molar-refractivity contribution in [3.05, 3.63) is 29.8 Å². The smallest absolute Gasteiger partial charge is 0.251 e. The first-order valence-electron chi connectivity index (χ1n) is 9.82. The van der Waals surface area contributed by atoms with Gasteiger partial charge in [0.1, 0.15) is 0 Å². The molecule has 0 bridgehead atoms. The van der Waals surface area contributed by atoms with E-state index in [0.29, 0.717) is 18.0 Å². The van der Waals surface area contributed by atoms with Crippen LogP contribution in [0, 0.1) is 5.92 Å². The van der Waals surface area contributed by atoms with Crippen LogP contribution >= 0.6 is 0 Å².